The number of fused-ring (bicyclic) bond motifs is 1. The zero-order valence-corrected chi connectivity index (χ0v) is 16.6. The van der Waals surface area contributed by atoms with Crippen LogP contribution in [-0.2, 0) is 16.0 Å². The van der Waals surface area contributed by atoms with Crippen molar-refractivity contribution in [3.05, 3.63) is 35.4 Å². The van der Waals surface area contributed by atoms with Crippen molar-refractivity contribution in [2.75, 3.05) is 31.8 Å². The number of ether oxygens (including phenoxy) is 2. The van der Waals surface area contributed by atoms with Gasteiger partial charge in [-0.1, -0.05) is 18.8 Å². The Balaban J connectivity index is 1.51. The molecule has 0 unspecified atom stereocenters. The minimum atomic E-state index is -1.13. The molecule has 2 aliphatic heterocycles. The number of hydrogen-bond donors (Lipinski definition) is 3. The van der Waals surface area contributed by atoms with E-state index in [0.717, 1.165) is 0 Å². The summed E-state index contributed by atoms with van der Waals surface area (Å²) in [6.07, 6.45) is 0.611. The first-order valence-corrected chi connectivity index (χ1v) is 9.48. The van der Waals surface area contributed by atoms with Gasteiger partial charge in [-0.25, -0.2) is 4.98 Å². The summed E-state index contributed by atoms with van der Waals surface area (Å²) in [5.41, 5.74) is 0.0115. The van der Waals surface area contributed by atoms with Crippen molar-refractivity contribution >= 4 is 17.5 Å². The molecular weight excluding hydrogens is 390 g/mol. The third kappa shape index (κ3) is 3.85. The minimum absolute atomic E-state index is 0.0282. The molecule has 0 saturated carbocycles. The fourth-order valence-electron chi connectivity index (χ4n) is 3.01. The number of aromatic amines is 1. The van der Waals surface area contributed by atoms with Crippen LogP contribution in [0.25, 0.3) is 0 Å². The fraction of sp³-hybridized carbons (Fsp3) is 0.400. The van der Waals surface area contributed by atoms with Gasteiger partial charge in [-0.05, 0) is 18.2 Å². The van der Waals surface area contributed by atoms with Crippen LogP contribution < -0.4 is 15.0 Å². The second-order valence-electron chi connectivity index (χ2n) is 7.15. The van der Waals surface area contributed by atoms with Crippen LogP contribution >= 0.6 is 0 Å². The van der Waals surface area contributed by atoms with Crippen LogP contribution in [0.5, 0.6) is 5.75 Å². The monoisotopic (exact) mass is 411 g/mol. The maximum atomic E-state index is 12.9. The van der Waals surface area contributed by atoms with E-state index in [-0.39, 0.29) is 31.6 Å². The molecule has 1 saturated heterocycles. The molecule has 30 heavy (non-hydrogen) atoms. The van der Waals surface area contributed by atoms with Crippen molar-refractivity contribution in [2.45, 2.75) is 25.0 Å². The van der Waals surface area contributed by atoms with Gasteiger partial charge < -0.3 is 24.8 Å². The van der Waals surface area contributed by atoms with Crippen LogP contribution in [0, 0.1) is 11.8 Å². The quantitative estimate of drug-likeness (QED) is 0.588. The molecule has 1 atom stereocenters. The Bertz CT molecular complexity index is 1050. The molecular formula is C20H21N5O5. The number of aromatic nitrogens is 3. The van der Waals surface area contributed by atoms with Crippen molar-refractivity contribution in [2.24, 2.45) is 0 Å². The fourth-order valence-corrected chi connectivity index (χ4v) is 3.01. The lowest BCUT2D eigenvalue weighted by atomic mass is 10.0. The van der Waals surface area contributed by atoms with Crippen LogP contribution in [0.1, 0.15) is 28.9 Å². The largest absolute Gasteiger partial charge is 0.489 e. The highest BCUT2D eigenvalue weighted by Gasteiger charge is 2.34. The highest BCUT2D eigenvalue weighted by Crippen LogP contribution is 2.31. The van der Waals surface area contributed by atoms with Crippen molar-refractivity contribution in [3.63, 3.8) is 0 Å². The topological polar surface area (TPSA) is 130 Å². The Hall–Kier alpha value is -3.42. The summed E-state index contributed by atoms with van der Waals surface area (Å²) in [6, 6.07) is 4.25. The van der Waals surface area contributed by atoms with Gasteiger partial charge in [0.1, 0.15) is 24.2 Å². The maximum absolute atomic E-state index is 12.9. The van der Waals surface area contributed by atoms with E-state index in [1.54, 1.807) is 25.2 Å². The second-order valence-corrected chi connectivity index (χ2v) is 7.15. The van der Waals surface area contributed by atoms with Crippen LogP contribution in [0.2, 0.25) is 0 Å². The molecule has 1 aromatic carbocycles. The number of benzene rings is 1. The standard InChI is InChI=1S/C20H21N5O5/c1-3-16-22-17(24-23-16)18(26)21-13-9-30-15-5-4-12(6-7-20(28)10-29-11-20)8-14(15)25(2)19(13)27/h4-5,8,13,28H,3,9-11H2,1-2H3,(H,21,26)(H,22,23,24)/t13-/m0/s1. The van der Waals surface area contributed by atoms with Gasteiger partial charge >= 0.3 is 0 Å². The van der Waals surface area contributed by atoms with E-state index in [2.05, 4.69) is 32.3 Å². The zero-order valence-electron chi connectivity index (χ0n) is 16.6. The highest BCUT2D eigenvalue weighted by molar-refractivity contribution is 6.02. The lowest BCUT2D eigenvalue weighted by molar-refractivity contribution is -0.140. The molecule has 0 aliphatic carbocycles. The van der Waals surface area contributed by atoms with Crippen molar-refractivity contribution in [1.29, 1.82) is 0 Å². The van der Waals surface area contributed by atoms with Gasteiger partial charge in [-0.2, -0.15) is 0 Å². The maximum Gasteiger partial charge on any atom is 0.291 e. The molecule has 10 heteroatoms. The van der Waals surface area contributed by atoms with Gasteiger partial charge in [0, 0.05) is 19.0 Å². The third-order valence-corrected chi connectivity index (χ3v) is 4.85. The van der Waals surface area contributed by atoms with Crippen LogP contribution in [0.15, 0.2) is 18.2 Å². The third-order valence-electron chi connectivity index (χ3n) is 4.85. The summed E-state index contributed by atoms with van der Waals surface area (Å²) in [6.45, 7) is 2.21. The summed E-state index contributed by atoms with van der Waals surface area (Å²) in [7, 11) is 1.60. The molecule has 2 aromatic rings. The van der Waals surface area contributed by atoms with Gasteiger partial charge in [-0.3, -0.25) is 14.7 Å². The number of rotatable bonds is 3. The predicted octanol–water partition coefficient (Wildman–Crippen LogP) is -0.366. The van der Waals surface area contributed by atoms with E-state index in [1.807, 2.05) is 6.92 Å². The average molecular weight is 411 g/mol. The van der Waals surface area contributed by atoms with Crippen molar-refractivity contribution in [1.82, 2.24) is 20.5 Å². The number of H-pyrrole nitrogens is 1. The van der Waals surface area contributed by atoms with Gasteiger partial charge in [-0.15, -0.1) is 5.10 Å². The zero-order chi connectivity index (χ0) is 21.3. The first-order chi connectivity index (χ1) is 14.4. The number of amides is 2. The molecule has 0 bridgehead atoms. The summed E-state index contributed by atoms with van der Waals surface area (Å²) in [5, 5.41) is 19.2. The van der Waals surface area contributed by atoms with Gasteiger partial charge in [0.25, 0.3) is 11.8 Å². The first-order valence-electron chi connectivity index (χ1n) is 9.48. The normalized spacial score (nSPS) is 19.5. The van der Waals surface area contributed by atoms with E-state index in [1.165, 1.54) is 4.90 Å². The summed E-state index contributed by atoms with van der Waals surface area (Å²) >= 11 is 0. The van der Waals surface area contributed by atoms with Gasteiger partial charge in [0.05, 0.1) is 18.9 Å². The molecule has 2 amide bonds. The van der Waals surface area contributed by atoms with Crippen LogP contribution in [0.4, 0.5) is 5.69 Å². The number of aryl methyl sites for hydroxylation is 1. The number of aliphatic hydroxyl groups is 1. The molecule has 1 fully saturated rings. The molecule has 4 rings (SSSR count). The molecule has 156 valence electrons. The molecule has 3 heterocycles. The van der Waals surface area contributed by atoms with E-state index in [4.69, 9.17) is 9.47 Å². The Labute approximate surface area is 172 Å². The number of nitrogens with zero attached hydrogens (tertiary/aromatic N) is 3. The first kappa shape index (κ1) is 19.9. The van der Waals surface area contributed by atoms with E-state index < -0.39 is 17.6 Å². The molecule has 3 N–H and O–H groups in total. The minimum Gasteiger partial charge on any atom is -0.489 e. The Kier molecular flexibility index (Phi) is 5.15. The van der Waals surface area contributed by atoms with Gasteiger partial charge in [0.2, 0.25) is 5.82 Å². The Morgan fingerprint density at radius 1 is 1.47 bits per heavy atom. The molecule has 1 aromatic heterocycles. The van der Waals surface area contributed by atoms with E-state index >= 15 is 0 Å². The van der Waals surface area contributed by atoms with E-state index in [0.29, 0.717) is 29.2 Å². The highest BCUT2D eigenvalue weighted by atomic mass is 16.5. The average Bonchev–Trinajstić information content (AvgIpc) is 3.18. The Morgan fingerprint density at radius 2 is 2.27 bits per heavy atom. The van der Waals surface area contributed by atoms with Gasteiger partial charge in [0.15, 0.2) is 5.60 Å². The summed E-state index contributed by atoms with van der Waals surface area (Å²) in [4.78, 5) is 30.8. The predicted molar refractivity (Wildman–Crippen MR) is 105 cm³/mol. The molecule has 2 aliphatic rings. The SMILES string of the molecule is CCc1nc(C(=O)N[C@H]2COc3ccc(C#CC4(O)COC4)cc3N(C)C2=O)n[nH]1. The summed E-state index contributed by atoms with van der Waals surface area (Å²) in [5.74, 6) is 5.83. The van der Waals surface area contributed by atoms with Crippen LogP contribution in [0.3, 0.4) is 0 Å². The number of nitrogens with one attached hydrogen (secondary N) is 2. The Morgan fingerprint density at radius 3 is 2.93 bits per heavy atom. The number of anilines is 1. The molecule has 10 nitrogen and oxygen atoms in total. The number of carbonyl (C=O) groups is 2. The number of hydrogen-bond acceptors (Lipinski definition) is 7. The number of carbonyl (C=O) groups excluding carboxylic acids is 2. The van der Waals surface area contributed by atoms with Crippen molar-refractivity contribution < 1.29 is 24.2 Å². The molecule has 0 radical (unpaired) electrons. The second kappa shape index (κ2) is 7.78. The van der Waals surface area contributed by atoms with E-state index in [9.17, 15) is 14.7 Å². The smallest absolute Gasteiger partial charge is 0.291 e. The lowest BCUT2D eigenvalue weighted by Crippen LogP contribution is -2.49. The molecule has 0 spiro atoms. The lowest BCUT2D eigenvalue weighted by Gasteiger charge is -2.30. The number of likely N-dealkylation sites (N-methyl/N-ethyl adjacent to an activating group) is 1. The van der Waals surface area contributed by atoms with Crippen molar-refractivity contribution in [3.8, 4) is 17.6 Å². The summed E-state index contributed by atoms with van der Waals surface area (Å²) < 4.78 is 10.7. The van der Waals surface area contributed by atoms with Crippen LogP contribution in [-0.4, -0.2) is 70.6 Å².